The van der Waals surface area contributed by atoms with Crippen molar-refractivity contribution in [3.63, 3.8) is 0 Å². The van der Waals surface area contributed by atoms with Gasteiger partial charge in [-0.1, -0.05) is 6.42 Å². The van der Waals surface area contributed by atoms with Crippen molar-refractivity contribution in [2.75, 3.05) is 7.11 Å². The summed E-state index contributed by atoms with van der Waals surface area (Å²) < 4.78 is 9.79. The molecule has 2 atom stereocenters. The normalized spacial score (nSPS) is 22.7. The zero-order chi connectivity index (χ0) is 14.6. The minimum absolute atomic E-state index is 0.103. The van der Waals surface area contributed by atoms with Gasteiger partial charge >= 0.3 is 5.97 Å². The molecular formula is C15H18O5. The van der Waals surface area contributed by atoms with Crippen LogP contribution in [-0.4, -0.2) is 29.6 Å². The molecule has 1 aliphatic rings. The zero-order valence-corrected chi connectivity index (χ0v) is 11.4. The third-order valence-electron chi connectivity index (χ3n) is 3.64. The first-order valence-electron chi connectivity index (χ1n) is 6.64. The van der Waals surface area contributed by atoms with E-state index in [1.807, 2.05) is 0 Å². The second-order valence-corrected chi connectivity index (χ2v) is 4.93. The van der Waals surface area contributed by atoms with Crippen LogP contribution in [0.3, 0.4) is 0 Å². The van der Waals surface area contributed by atoms with Gasteiger partial charge in [-0.2, -0.15) is 0 Å². The third kappa shape index (κ3) is 2.82. The van der Waals surface area contributed by atoms with Crippen LogP contribution in [0, 0.1) is 5.92 Å². The Morgan fingerprint density at radius 1 is 1.55 bits per heavy atom. The van der Waals surface area contributed by atoms with Crippen molar-refractivity contribution < 1.29 is 23.8 Å². The Morgan fingerprint density at radius 2 is 2.35 bits per heavy atom. The number of methoxy groups -OCH3 is 1. The number of hydrogen-bond donors (Lipinski definition) is 1. The van der Waals surface area contributed by atoms with Crippen molar-refractivity contribution in [2.24, 2.45) is 5.92 Å². The molecule has 0 aliphatic heterocycles. The van der Waals surface area contributed by atoms with E-state index in [4.69, 9.17) is 4.42 Å². The molecule has 0 saturated heterocycles. The van der Waals surface area contributed by atoms with Gasteiger partial charge in [0.05, 0.1) is 19.3 Å². The molecule has 0 spiro atoms. The van der Waals surface area contributed by atoms with Crippen LogP contribution in [0.25, 0.3) is 6.08 Å². The molecule has 1 aromatic heterocycles. The van der Waals surface area contributed by atoms with E-state index in [-0.39, 0.29) is 5.78 Å². The summed E-state index contributed by atoms with van der Waals surface area (Å²) >= 11 is 0. The van der Waals surface area contributed by atoms with Gasteiger partial charge in [0.25, 0.3) is 0 Å². The lowest BCUT2D eigenvalue weighted by atomic mass is 9.75. The molecule has 0 radical (unpaired) electrons. The summed E-state index contributed by atoms with van der Waals surface area (Å²) in [5, 5.41) is 10.6. The smallest absolute Gasteiger partial charge is 0.342 e. The van der Waals surface area contributed by atoms with Gasteiger partial charge in [0, 0.05) is 6.42 Å². The number of ketones is 1. The summed E-state index contributed by atoms with van der Waals surface area (Å²) in [6.45, 7) is 0. The number of esters is 1. The summed E-state index contributed by atoms with van der Waals surface area (Å²) in [5.41, 5.74) is -1.93. The minimum Gasteiger partial charge on any atom is -0.467 e. The van der Waals surface area contributed by atoms with Gasteiger partial charge in [0.15, 0.2) is 5.60 Å². The summed E-state index contributed by atoms with van der Waals surface area (Å²) in [5.74, 6) is -1.18. The van der Waals surface area contributed by atoms with Crippen LogP contribution in [0.5, 0.6) is 0 Å². The minimum atomic E-state index is -1.93. The van der Waals surface area contributed by atoms with Gasteiger partial charge in [0.2, 0.25) is 0 Å². The van der Waals surface area contributed by atoms with Crippen LogP contribution in [0.4, 0.5) is 0 Å². The molecule has 5 heteroatoms. The maximum atomic E-state index is 12.0. The summed E-state index contributed by atoms with van der Waals surface area (Å²) in [4.78, 5) is 23.9. The highest BCUT2D eigenvalue weighted by Crippen LogP contribution is 2.32. The second-order valence-electron chi connectivity index (χ2n) is 4.93. The standard InChI is InChI=1S/C15H18O5/c1-19-14(17)15(18,9-8-11-5-4-10-20-11)12-6-2-3-7-13(12)16/h4-5,8-10,12,18H,2-3,6-7H2,1H3/b9-8+/t12-,15-/m1/s1. The fourth-order valence-corrected chi connectivity index (χ4v) is 2.53. The van der Waals surface area contributed by atoms with E-state index >= 15 is 0 Å². The molecule has 0 amide bonds. The van der Waals surface area contributed by atoms with Crippen LogP contribution in [-0.2, 0) is 14.3 Å². The lowest BCUT2D eigenvalue weighted by molar-refractivity contribution is -0.166. The molecule has 20 heavy (non-hydrogen) atoms. The SMILES string of the molecule is COC(=O)[C@@](O)(/C=C/c1ccco1)[C@@H]1CCCCC1=O. The van der Waals surface area contributed by atoms with Gasteiger partial charge < -0.3 is 14.3 Å². The lowest BCUT2D eigenvalue weighted by Crippen LogP contribution is -2.49. The van der Waals surface area contributed by atoms with Crippen LogP contribution >= 0.6 is 0 Å². The van der Waals surface area contributed by atoms with Gasteiger partial charge in [-0.25, -0.2) is 4.79 Å². The van der Waals surface area contributed by atoms with Crippen molar-refractivity contribution in [2.45, 2.75) is 31.3 Å². The number of ether oxygens (including phenoxy) is 1. The number of carbonyl (C=O) groups excluding carboxylic acids is 2. The van der Waals surface area contributed by atoms with E-state index in [1.54, 1.807) is 12.1 Å². The van der Waals surface area contributed by atoms with E-state index < -0.39 is 17.5 Å². The van der Waals surface area contributed by atoms with Crippen molar-refractivity contribution >= 4 is 17.8 Å². The average Bonchev–Trinajstić information content (AvgIpc) is 2.97. The molecule has 1 saturated carbocycles. The molecule has 1 aliphatic carbocycles. The summed E-state index contributed by atoms with van der Waals surface area (Å²) in [6.07, 6.45) is 6.75. The number of aliphatic hydroxyl groups is 1. The molecule has 5 nitrogen and oxygen atoms in total. The molecule has 1 fully saturated rings. The van der Waals surface area contributed by atoms with Gasteiger partial charge in [-0.3, -0.25) is 4.79 Å². The molecule has 108 valence electrons. The van der Waals surface area contributed by atoms with Gasteiger partial charge in [-0.15, -0.1) is 0 Å². The van der Waals surface area contributed by atoms with Crippen molar-refractivity contribution in [1.82, 2.24) is 0 Å². The largest absolute Gasteiger partial charge is 0.467 e. The highest BCUT2D eigenvalue weighted by Gasteiger charge is 2.47. The first-order chi connectivity index (χ1) is 9.58. The van der Waals surface area contributed by atoms with E-state index in [0.717, 1.165) is 12.8 Å². The van der Waals surface area contributed by atoms with E-state index in [2.05, 4.69) is 4.74 Å². The van der Waals surface area contributed by atoms with Crippen LogP contribution in [0.15, 0.2) is 28.9 Å². The molecule has 1 N–H and O–H groups in total. The average molecular weight is 278 g/mol. The molecule has 0 bridgehead atoms. The summed E-state index contributed by atoms with van der Waals surface area (Å²) in [7, 11) is 1.20. The highest BCUT2D eigenvalue weighted by atomic mass is 16.5. The first-order valence-corrected chi connectivity index (χ1v) is 6.64. The topological polar surface area (TPSA) is 76.7 Å². The number of carbonyl (C=O) groups is 2. The molecule has 0 unspecified atom stereocenters. The Labute approximate surface area is 117 Å². The van der Waals surface area contributed by atoms with E-state index in [1.165, 1.54) is 25.5 Å². The summed E-state index contributed by atoms with van der Waals surface area (Å²) in [6, 6.07) is 3.39. The fourth-order valence-electron chi connectivity index (χ4n) is 2.53. The number of rotatable bonds is 4. The number of Topliss-reactive ketones (excluding diaryl/α,β-unsaturated/α-hetero) is 1. The van der Waals surface area contributed by atoms with Crippen LogP contribution in [0.2, 0.25) is 0 Å². The van der Waals surface area contributed by atoms with Crippen molar-refractivity contribution in [3.05, 3.63) is 30.2 Å². The van der Waals surface area contributed by atoms with E-state index in [9.17, 15) is 14.7 Å². The van der Waals surface area contributed by atoms with E-state index in [0.29, 0.717) is 18.6 Å². The number of hydrogen-bond acceptors (Lipinski definition) is 5. The highest BCUT2D eigenvalue weighted by molar-refractivity contribution is 5.93. The Kier molecular flexibility index (Phi) is 4.39. The fraction of sp³-hybridized carbons (Fsp3) is 0.467. The van der Waals surface area contributed by atoms with Crippen LogP contribution in [0.1, 0.15) is 31.4 Å². The number of furan rings is 1. The quantitative estimate of drug-likeness (QED) is 0.852. The predicted molar refractivity (Wildman–Crippen MR) is 71.7 cm³/mol. The third-order valence-corrected chi connectivity index (χ3v) is 3.64. The van der Waals surface area contributed by atoms with Gasteiger partial charge in [0.1, 0.15) is 11.5 Å². The Hall–Kier alpha value is -1.88. The van der Waals surface area contributed by atoms with Gasteiger partial charge in [-0.05, 0) is 37.1 Å². The molecule has 0 aromatic carbocycles. The second kappa shape index (κ2) is 6.05. The first kappa shape index (κ1) is 14.5. The predicted octanol–water partition coefficient (Wildman–Crippen LogP) is 1.96. The Balaban J connectivity index is 2.29. The zero-order valence-electron chi connectivity index (χ0n) is 11.4. The van der Waals surface area contributed by atoms with Crippen molar-refractivity contribution in [3.8, 4) is 0 Å². The monoisotopic (exact) mass is 278 g/mol. The maximum Gasteiger partial charge on any atom is 0.342 e. The van der Waals surface area contributed by atoms with Crippen LogP contribution < -0.4 is 0 Å². The lowest BCUT2D eigenvalue weighted by Gasteiger charge is -2.32. The molecule has 1 heterocycles. The molecule has 1 aromatic rings. The molecule has 2 rings (SSSR count). The Morgan fingerprint density at radius 3 is 2.95 bits per heavy atom. The Bertz CT molecular complexity index is 502. The van der Waals surface area contributed by atoms with Crippen molar-refractivity contribution in [1.29, 1.82) is 0 Å². The maximum absolute atomic E-state index is 12.0. The molecular weight excluding hydrogens is 260 g/mol.